The summed E-state index contributed by atoms with van der Waals surface area (Å²) in [6, 6.07) is 10.8. The summed E-state index contributed by atoms with van der Waals surface area (Å²) < 4.78 is 28.5. The maximum absolute atomic E-state index is 12.8. The number of halogens is 1. The van der Waals surface area contributed by atoms with Crippen molar-refractivity contribution in [3.63, 3.8) is 0 Å². The smallest absolute Gasteiger partial charge is 0.271 e. The van der Waals surface area contributed by atoms with Gasteiger partial charge < -0.3 is 5.32 Å². The molecule has 0 spiro atoms. The van der Waals surface area contributed by atoms with Crippen molar-refractivity contribution in [2.45, 2.75) is 54.2 Å². The van der Waals surface area contributed by atoms with E-state index in [0.29, 0.717) is 11.7 Å². The largest absolute Gasteiger partial charge is 0.353 e. The highest BCUT2D eigenvalue weighted by Gasteiger charge is 2.51. The van der Waals surface area contributed by atoms with Crippen molar-refractivity contribution in [2.24, 2.45) is 0 Å². The van der Waals surface area contributed by atoms with Gasteiger partial charge in [0.05, 0.1) is 9.20 Å². The molecule has 8 heteroatoms. The van der Waals surface area contributed by atoms with Crippen molar-refractivity contribution in [1.29, 1.82) is 0 Å². The number of hydrogen-bond acceptors (Lipinski definition) is 4. The summed E-state index contributed by atoms with van der Waals surface area (Å²) in [5, 5.41) is 3.20. The number of anilines is 1. The first kappa shape index (κ1) is 19.0. The summed E-state index contributed by atoms with van der Waals surface area (Å²) in [5.74, 6) is 0.117. The van der Waals surface area contributed by atoms with E-state index in [2.05, 4.69) is 26.0 Å². The lowest BCUT2D eigenvalue weighted by molar-refractivity contribution is -0.124. The highest BCUT2D eigenvalue weighted by atomic mass is 79.9. The highest BCUT2D eigenvalue weighted by molar-refractivity contribution is 9.11. The molecule has 5 nitrogen and oxygen atoms in total. The van der Waals surface area contributed by atoms with Crippen molar-refractivity contribution < 1.29 is 13.2 Å². The van der Waals surface area contributed by atoms with Crippen LogP contribution in [0, 0.1) is 0 Å². The molecule has 1 heterocycles. The van der Waals surface area contributed by atoms with Gasteiger partial charge in [-0.2, -0.15) is 0 Å². The van der Waals surface area contributed by atoms with E-state index in [0.717, 1.165) is 46.4 Å². The predicted octanol–water partition coefficient (Wildman–Crippen LogP) is 4.40. The standard InChI is InChI=1S/C19H21BrN2O3S2/c20-16-9-10-17(26-16)27(24,25)22-15-7-5-13(6-8-15)19(11-12-19)18(23)21-14-3-1-2-4-14/h5-10,14,22H,1-4,11-12H2,(H,21,23). The summed E-state index contributed by atoms with van der Waals surface area (Å²) >= 11 is 4.44. The maximum atomic E-state index is 12.8. The van der Waals surface area contributed by atoms with E-state index < -0.39 is 15.4 Å². The molecule has 2 aliphatic carbocycles. The number of amides is 1. The molecule has 0 unspecified atom stereocenters. The van der Waals surface area contributed by atoms with Gasteiger partial charge in [-0.05, 0) is 71.4 Å². The minimum atomic E-state index is -3.60. The van der Waals surface area contributed by atoms with Gasteiger partial charge in [0.15, 0.2) is 0 Å². The molecule has 4 rings (SSSR count). The minimum absolute atomic E-state index is 0.117. The molecule has 0 bridgehead atoms. The third kappa shape index (κ3) is 3.93. The maximum Gasteiger partial charge on any atom is 0.271 e. The Morgan fingerprint density at radius 1 is 1.07 bits per heavy atom. The molecule has 1 aromatic carbocycles. The van der Waals surface area contributed by atoms with Gasteiger partial charge in [0.25, 0.3) is 10.0 Å². The molecule has 0 radical (unpaired) electrons. The molecule has 0 aliphatic heterocycles. The summed E-state index contributed by atoms with van der Waals surface area (Å²) in [7, 11) is -3.60. The Kier molecular flexibility index (Phi) is 5.07. The SMILES string of the molecule is O=C(NC1CCCC1)C1(c2ccc(NS(=O)(=O)c3ccc(Br)s3)cc2)CC1. The molecule has 27 heavy (non-hydrogen) atoms. The van der Waals surface area contributed by atoms with Crippen LogP contribution in [0.25, 0.3) is 0 Å². The topological polar surface area (TPSA) is 75.3 Å². The Labute approximate surface area is 171 Å². The second-order valence-corrected chi connectivity index (χ2v) is 11.7. The lowest BCUT2D eigenvalue weighted by atomic mass is 9.94. The van der Waals surface area contributed by atoms with Gasteiger partial charge in [-0.3, -0.25) is 9.52 Å². The molecule has 1 aromatic heterocycles. The van der Waals surface area contributed by atoms with Gasteiger partial charge in [0.2, 0.25) is 5.91 Å². The quantitative estimate of drug-likeness (QED) is 0.659. The van der Waals surface area contributed by atoms with Crippen molar-refractivity contribution in [1.82, 2.24) is 5.32 Å². The van der Waals surface area contributed by atoms with Crippen LogP contribution in [0.5, 0.6) is 0 Å². The van der Waals surface area contributed by atoms with Gasteiger partial charge in [-0.25, -0.2) is 8.42 Å². The molecular weight excluding hydrogens is 448 g/mol. The Balaban J connectivity index is 1.46. The van der Waals surface area contributed by atoms with E-state index in [9.17, 15) is 13.2 Å². The number of benzene rings is 1. The van der Waals surface area contributed by atoms with E-state index in [1.54, 1.807) is 24.3 Å². The van der Waals surface area contributed by atoms with E-state index in [1.807, 2.05) is 12.1 Å². The normalized spacial score (nSPS) is 19.0. The lowest BCUT2D eigenvalue weighted by Crippen LogP contribution is -2.40. The Hall–Kier alpha value is -1.38. The highest BCUT2D eigenvalue weighted by Crippen LogP contribution is 2.49. The fourth-order valence-electron chi connectivity index (χ4n) is 3.67. The molecule has 2 saturated carbocycles. The summed E-state index contributed by atoms with van der Waals surface area (Å²) in [6.45, 7) is 0. The molecule has 144 valence electrons. The van der Waals surface area contributed by atoms with E-state index in [4.69, 9.17) is 0 Å². The van der Waals surface area contributed by atoms with Gasteiger partial charge in [-0.1, -0.05) is 25.0 Å². The van der Waals surface area contributed by atoms with Crippen LogP contribution in [0.2, 0.25) is 0 Å². The zero-order valence-electron chi connectivity index (χ0n) is 14.7. The molecule has 0 saturated heterocycles. The van der Waals surface area contributed by atoms with Crippen molar-refractivity contribution in [3.8, 4) is 0 Å². The Morgan fingerprint density at radius 2 is 1.74 bits per heavy atom. The van der Waals surface area contributed by atoms with Crippen LogP contribution in [-0.2, 0) is 20.2 Å². The first-order valence-electron chi connectivity index (χ1n) is 9.09. The third-order valence-electron chi connectivity index (χ3n) is 5.38. The lowest BCUT2D eigenvalue weighted by Gasteiger charge is -2.20. The average molecular weight is 469 g/mol. The number of carbonyl (C=O) groups is 1. The van der Waals surface area contributed by atoms with Crippen molar-refractivity contribution in [2.75, 3.05) is 4.72 Å². The van der Waals surface area contributed by atoms with E-state index >= 15 is 0 Å². The van der Waals surface area contributed by atoms with Crippen LogP contribution in [0.4, 0.5) is 5.69 Å². The molecule has 2 fully saturated rings. The van der Waals surface area contributed by atoms with Crippen molar-refractivity contribution >= 4 is 48.9 Å². The van der Waals surface area contributed by atoms with Crippen LogP contribution in [0.15, 0.2) is 44.4 Å². The van der Waals surface area contributed by atoms with Gasteiger partial charge in [-0.15, -0.1) is 11.3 Å². The number of hydrogen-bond donors (Lipinski definition) is 2. The number of carbonyl (C=O) groups excluding carboxylic acids is 1. The molecule has 2 aliphatic rings. The Morgan fingerprint density at radius 3 is 2.30 bits per heavy atom. The second kappa shape index (κ2) is 7.22. The monoisotopic (exact) mass is 468 g/mol. The predicted molar refractivity (Wildman–Crippen MR) is 111 cm³/mol. The van der Waals surface area contributed by atoms with Crippen LogP contribution in [0.1, 0.15) is 44.1 Å². The second-order valence-electron chi connectivity index (χ2n) is 7.28. The summed E-state index contributed by atoms with van der Waals surface area (Å²) in [6.07, 6.45) is 6.21. The average Bonchev–Trinajstić information content (AvgIpc) is 3.05. The fraction of sp³-hybridized carbons (Fsp3) is 0.421. The van der Waals surface area contributed by atoms with Crippen molar-refractivity contribution in [3.05, 3.63) is 45.7 Å². The Bertz CT molecular complexity index is 944. The zero-order chi connectivity index (χ0) is 19.1. The van der Waals surface area contributed by atoms with E-state index in [1.165, 1.54) is 12.8 Å². The molecular formula is C19H21BrN2O3S2. The minimum Gasteiger partial charge on any atom is -0.353 e. The first-order chi connectivity index (χ1) is 12.9. The molecule has 0 atom stereocenters. The summed E-state index contributed by atoms with van der Waals surface area (Å²) in [5.41, 5.74) is 1.02. The summed E-state index contributed by atoms with van der Waals surface area (Å²) in [4.78, 5) is 12.8. The van der Waals surface area contributed by atoms with Gasteiger partial charge in [0, 0.05) is 11.7 Å². The van der Waals surface area contributed by atoms with Gasteiger partial charge >= 0.3 is 0 Å². The molecule has 2 aromatic rings. The zero-order valence-corrected chi connectivity index (χ0v) is 17.9. The molecule has 1 amide bonds. The van der Waals surface area contributed by atoms with Crippen LogP contribution < -0.4 is 10.0 Å². The first-order valence-corrected chi connectivity index (χ1v) is 12.2. The van der Waals surface area contributed by atoms with E-state index in [-0.39, 0.29) is 10.1 Å². The number of nitrogens with one attached hydrogen (secondary N) is 2. The van der Waals surface area contributed by atoms with Crippen LogP contribution in [0.3, 0.4) is 0 Å². The van der Waals surface area contributed by atoms with Gasteiger partial charge in [0.1, 0.15) is 4.21 Å². The number of rotatable bonds is 6. The fourth-order valence-corrected chi connectivity index (χ4v) is 6.74. The molecule has 2 N–H and O–H groups in total. The number of thiophene rings is 1. The van der Waals surface area contributed by atoms with Crippen LogP contribution >= 0.6 is 27.3 Å². The third-order valence-corrected chi connectivity index (χ3v) is 8.87. The van der Waals surface area contributed by atoms with Crippen LogP contribution in [-0.4, -0.2) is 20.4 Å². The number of sulfonamides is 1.